The van der Waals surface area contributed by atoms with Crippen molar-refractivity contribution in [2.24, 2.45) is 5.92 Å². The monoisotopic (exact) mass is 570 g/mol. The van der Waals surface area contributed by atoms with Crippen LogP contribution >= 0.6 is 0 Å². The summed E-state index contributed by atoms with van der Waals surface area (Å²) >= 11 is 0. The molecule has 0 aliphatic carbocycles. The molecule has 4 aromatic carbocycles. The zero-order valence-electron chi connectivity index (χ0n) is 24.0. The van der Waals surface area contributed by atoms with E-state index in [9.17, 15) is 14.4 Å². The molecular formula is C36H30N2O5. The maximum Gasteiger partial charge on any atom is 0.238 e. The van der Waals surface area contributed by atoms with Crippen molar-refractivity contribution in [2.45, 2.75) is 24.4 Å². The molecule has 0 aromatic heterocycles. The number of carbonyl (C=O) groups is 3. The molecule has 1 N–H and O–H groups in total. The van der Waals surface area contributed by atoms with Gasteiger partial charge in [-0.3, -0.25) is 14.4 Å². The minimum absolute atomic E-state index is 0.245. The van der Waals surface area contributed by atoms with Crippen LogP contribution in [0.1, 0.15) is 38.8 Å². The molecule has 3 aliphatic rings. The molecule has 0 saturated carbocycles. The number of ketones is 2. The Kier molecular flexibility index (Phi) is 6.20. The van der Waals surface area contributed by atoms with Crippen LogP contribution in [0.3, 0.4) is 0 Å². The van der Waals surface area contributed by atoms with Gasteiger partial charge in [0.15, 0.2) is 11.6 Å². The molecule has 7 rings (SSSR count). The van der Waals surface area contributed by atoms with Gasteiger partial charge in [0.05, 0.1) is 26.2 Å². The number of anilines is 2. The molecule has 1 spiro atoms. The van der Waals surface area contributed by atoms with E-state index in [-0.39, 0.29) is 17.5 Å². The lowest BCUT2D eigenvalue weighted by Crippen LogP contribution is -2.51. The molecular weight excluding hydrogens is 540 g/mol. The van der Waals surface area contributed by atoms with Gasteiger partial charge in [-0.1, -0.05) is 54.6 Å². The molecule has 7 heteroatoms. The molecule has 1 amide bonds. The van der Waals surface area contributed by atoms with Crippen LogP contribution in [0.15, 0.2) is 103 Å². The van der Waals surface area contributed by atoms with Crippen molar-refractivity contribution < 1.29 is 23.9 Å². The number of ether oxygens (including phenoxy) is 2. The van der Waals surface area contributed by atoms with Crippen LogP contribution in [0.2, 0.25) is 0 Å². The third-order valence-electron chi connectivity index (χ3n) is 9.16. The highest BCUT2D eigenvalue weighted by atomic mass is 16.5. The first-order chi connectivity index (χ1) is 20.9. The number of nitrogens with zero attached hydrogens (tertiary/aromatic N) is 1. The Balaban J connectivity index is 1.53. The maximum atomic E-state index is 15.0. The van der Waals surface area contributed by atoms with Gasteiger partial charge in [-0.2, -0.15) is 0 Å². The summed E-state index contributed by atoms with van der Waals surface area (Å²) in [5.41, 5.74) is 3.56. The van der Waals surface area contributed by atoms with Crippen molar-refractivity contribution in [3.63, 3.8) is 0 Å². The number of carbonyl (C=O) groups excluding carboxylic acids is 3. The lowest BCUT2D eigenvalue weighted by molar-refractivity contribution is -0.121. The predicted molar refractivity (Wildman–Crippen MR) is 165 cm³/mol. The first-order valence-electron chi connectivity index (χ1n) is 14.2. The molecule has 0 unspecified atom stereocenters. The summed E-state index contributed by atoms with van der Waals surface area (Å²) in [5, 5.41) is 3.08. The van der Waals surface area contributed by atoms with Crippen LogP contribution in [0, 0.1) is 5.92 Å². The van der Waals surface area contributed by atoms with Crippen molar-refractivity contribution in [1.29, 1.82) is 0 Å². The number of para-hydroxylation sites is 2. The molecule has 0 bridgehead atoms. The van der Waals surface area contributed by atoms with E-state index in [0.717, 1.165) is 16.8 Å². The molecule has 7 nitrogen and oxygen atoms in total. The van der Waals surface area contributed by atoms with E-state index < -0.39 is 23.4 Å². The van der Waals surface area contributed by atoms with Crippen molar-refractivity contribution in [1.82, 2.24) is 0 Å². The number of allylic oxidation sites excluding steroid dienone is 1. The number of hydrogen-bond donors (Lipinski definition) is 1. The van der Waals surface area contributed by atoms with Gasteiger partial charge in [-0.15, -0.1) is 0 Å². The Morgan fingerprint density at radius 1 is 0.791 bits per heavy atom. The molecule has 43 heavy (non-hydrogen) atoms. The molecule has 214 valence electrons. The van der Waals surface area contributed by atoms with E-state index in [1.54, 1.807) is 62.8 Å². The van der Waals surface area contributed by atoms with Gasteiger partial charge in [0.1, 0.15) is 23.0 Å². The van der Waals surface area contributed by atoms with Gasteiger partial charge < -0.3 is 19.7 Å². The van der Waals surface area contributed by atoms with Crippen molar-refractivity contribution in [3.05, 3.63) is 125 Å². The molecule has 4 aromatic rings. The second-order valence-electron chi connectivity index (χ2n) is 11.2. The fraction of sp³-hybridized carbons (Fsp3) is 0.194. The average Bonchev–Trinajstić information content (AvgIpc) is 3.52. The van der Waals surface area contributed by atoms with Crippen molar-refractivity contribution in [3.8, 4) is 11.5 Å². The van der Waals surface area contributed by atoms with E-state index in [4.69, 9.17) is 9.47 Å². The summed E-state index contributed by atoms with van der Waals surface area (Å²) in [4.78, 5) is 46.3. The van der Waals surface area contributed by atoms with Crippen LogP contribution < -0.4 is 19.7 Å². The zero-order valence-corrected chi connectivity index (χ0v) is 24.0. The number of Topliss-reactive ketones (excluding diaryl/α,β-unsaturated/α-hetero) is 2. The number of benzene rings is 4. The summed E-state index contributed by atoms with van der Waals surface area (Å²) in [5.74, 6) is -0.754. The molecule has 1 saturated heterocycles. The molecule has 3 aliphatic heterocycles. The maximum absolute atomic E-state index is 15.0. The third-order valence-corrected chi connectivity index (χ3v) is 9.16. The second-order valence-corrected chi connectivity index (χ2v) is 11.2. The number of methoxy groups -OCH3 is 2. The highest BCUT2D eigenvalue weighted by molar-refractivity contribution is 6.18. The number of amides is 1. The van der Waals surface area contributed by atoms with Gasteiger partial charge >= 0.3 is 0 Å². The van der Waals surface area contributed by atoms with Gasteiger partial charge in [0.25, 0.3) is 0 Å². The number of fused-ring (bicyclic) bond motifs is 6. The number of hydrogen-bond acceptors (Lipinski definition) is 6. The van der Waals surface area contributed by atoms with Crippen LogP contribution in [0.5, 0.6) is 11.5 Å². The minimum Gasteiger partial charge on any atom is -0.497 e. The van der Waals surface area contributed by atoms with E-state index in [2.05, 4.69) is 11.4 Å². The van der Waals surface area contributed by atoms with Gasteiger partial charge in [-0.25, -0.2) is 0 Å². The van der Waals surface area contributed by atoms with Crippen molar-refractivity contribution >= 4 is 34.4 Å². The Morgan fingerprint density at radius 3 is 2.28 bits per heavy atom. The zero-order chi connectivity index (χ0) is 29.9. The summed E-state index contributed by atoms with van der Waals surface area (Å²) < 4.78 is 10.8. The van der Waals surface area contributed by atoms with Crippen LogP contribution in [-0.2, 0) is 10.2 Å². The van der Waals surface area contributed by atoms with Gasteiger partial charge in [-0.05, 0) is 66.6 Å². The average molecular weight is 571 g/mol. The Morgan fingerprint density at radius 2 is 1.51 bits per heavy atom. The predicted octanol–water partition coefficient (Wildman–Crippen LogP) is 5.95. The summed E-state index contributed by atoms with van der Waals surface area (Å²) in [6.07, 6.45) is 2.05. The first kappa shape index (κ1) is 26.7. The third kappa shape index (κ3) is 3.77. The Labute approximate surface area is 249 Å². The highest BCUT2D eigenvalue weighted by Gasteiger charge is 2.70. The van der Waals surface area contributed by atoms with Gasteiger partial charge in [0.2, 0.25) is 5.91 Å². The SMILES string of the molecule is COc1ccc(C(=O)[C@@H]2[C@H](C(=O)c3cccc(OC)c3)[C@@]3(C(=O)Nc4ccccc43)[C@@H]3C=C(C)c4ccccc4N23)cc1. The first-order valence-corrected chi connectivity index (χ1v) is 14.2. The fourth-order valence-corrected chi connectivity index (χ4v) is 7.27. The normalized spacial score (nSPS) is 23.1. The molecule has 1 fully saturated rings. The lowest BCUT2D eigenvalue weighted by Gasteiger charge is -2.39. The van der Waals surface area contributed by atoms with E-state index in [1.165, 1.54) is 0 Å². The van der Waals surface area contributed by atoms with Crippen LogP contribution in [-0.4, -0.2) is 43.8 Å². The Hall–Kier alpha value is -5.17. The summed E-state index contributed by atoms with van der Waals surface area (Å²) in [7, 11) is 3.11. The summed E-state index contributed by atoms with van der Waals surface area (Å²) in [6.45, 7) is 2.01. The molecule has 4 atom stereocenters. The van der Waals surface area contributed by atoms with Crippen molar-refractivity contribution in [2.75, 3.05) is 24.4 Å². The largest absolute Gasteiger partial charge is 0.497 e. The number of nitrogens with one attached hydrogen (secondary N) is 1. The van der Waals surface area contributed by atoms with E-state index in [0.29, 0.717) is 33.9 Å². The summed E-state index contributed by atoms with van der Waals surface area (Å²) in [6, 6.07) is 27.6. The van der Waals surface area contributed by atoms with E-state index in [1.807, 2.05) is 60.4 Å². The standard InChI is InChI=1S/C36H30N2O5/c1-21-19-30-36(27-12-5-6-13-28(27)37-35(36)41)31(33(39)23-9-8-10-25(20-23)43-3)32(38(30)29-14-7-4-11-26(21)29)34(40)22-15-17-24(42-2)18-16-22/h4-20,30-32H,1-3H3,(H,37,41)/t30-,31+,32-,36-/m0/s1. The fourth-order valence-electron chi connectivity index (χ4n) is 7.27. The van der Waals surface area contributed by atoms with E-state index >= 15 is 0 Å². The molecule has 3 heterocycles. The quantitative estimate of drug-likeness (QED) is 0.289. The second kappa shape index (κ2) is 9.98. The topological polar surface area (TPSA) is 84.9 Å². The van der Waals surface area contributed by atoms with Crippen LogP contribution in [0.25, 0.3) is 5.57 Å². The Bertz CT molecular complexity index is 1830. The smallest absolute Gasteiger partial charge is 0.238 e. The lowest BCUT2D eigenvalue weighted by atomic mass is 9.64. The van der Waals surface area contributed by atoms with Gasteiger partial charge in [0, 0.05) is 28.1 Å². The minimum atomic E-state index is -1.38. The molecule has 0 radical (unpaired) electrons. The van der Waals surface area contributed by atoms with Crippen LogP contribution in [0.4, 0.5) is 11.4 Å². The number of rotatable bonds is 6. The highest BCUT2D eigenvalue weighted by Crippen LogP contribution is 2.58.